The molecule has 1 aromatic carbocycles. The molecule has 0 heterocycles. The summed E-state index contributed by atoms with van der Waals surface area (Å²) in [6.45, 7) is 0.751. The molecule has 0 radical (unpaired) electrons. The van der Waals surface area contributed by atoms with Crippen molar-refractivity contribution in [3.63, 3.8) is 0 Å². The van der Waals surface area contributed by atoms with E-state index in [9.17, 15) is 9.59 Å². The molecule has 0 aromatic heterocycles. The second-order valence-electron chi connectivity index (χ2n) is 4.14. The van der Waals surface area contributed by atoms with Crippen molar-refractivity contribution in [1.29, 1.82) is 5.26 Å². The average molecular weight is 272 g/mol. The molecule has 0 atom stereocenters. The molecule has 1 amide bonds. The zero-order valence-corrected chi connectivity index (χ0v) is 11.0. The zero-order valence-electron chi connectivity index (χ0n) is 11.0. The van der Waals surface area contributed by atoms with Crippen molar-refractivity contribution in [1.82, 2.24) is 4.90 Å². The molecule has 104 valence electrons. The first-order chi connectivity index (χ1) is 9.63. The van der Waals surface area contributed by atoms with Crippen molar-refractivity contribution >= 4 is 11.9 Å². The third kappa shape index (κ3) is 5.83. The number of carboxylic acid groups (broad SMARTS) is 1. The van der Waals surface area contributed by atoms with Crippen molar-refractivity contribution in [2.24, 2.45) is 0 Å². The Morgan fingerprint density at radius 1 is 1.20 bits per heavy atom. The monoisotopic (exact) mass is 272 g/mol. The third-order valence-electron chi connectivity index (χ3n) is 2.69. The van der Waals surface area contributed by atoms with E-state index >= 15 is 0 Å². The maximum absolute atomic E-state index is 11.8. The number of hydrogen-bond acceptors (Lipinski definition) is 3. The quantitative estimate of drug-likeness (QED) is 0.764. The first kappa shape index (κ1) is 15.4. The predicted molar refractivity (Wildman–Crippen MR) is 73.7 cm³/mol. The summed E-state index contributed by atoms with van der Waals surface area (Å²) < 4.78 is 0. The molecule has 0 aliphatic carbocycles. The van der Waals surface area contributed by atoms with E-state index in [1.165, 1.54) is 4.90 Å². The van der Waals surface area contributed by atoms with E-state index in [1.54, 1.807) is 0 Å². The molecule has 1 aromatic rings. The van der Waals surface area contributed by atoms with Gasteiger partial charge in [-0.2, -0.15) is 5.26 Å². The molecule has 0 unspecified atom stereocenters. The molecule has 1 N–H and O–H groups in total. The van der Waals surface area contributed by atoms with Crippen LogP contribution in [0.4, 0.5) is 0 Å². The van der Waals surface area contributed by atoms with Gasteiger partial charge in [0.15, 0.2) is 0 Å². The lowest BCUT2D eigenvalue weighted by molar-refractivity contribution is -0.132. The average Bonchev–Trinajstić information content (AvgIpc) is 2.46. The normalized spacial score (nSPS) is 10.2. The van der Waals surface area contributed by atoms with Crippen LogP contribution in [0.15, 0.2) is 42.5 Å². The molecule has 0 spiro atoms. The number of aliphatic carboxylic acids is 1. The predicted octanol–water partition coefficient (Wildman–Crippen LogP) is 1.61. The standard InChI is InChI=1S/C15H16N2O3/c16-10-4-11-17(14(18)7-8-15(19)20)12-9-13-5-2-1-3-6-13/h1-3,5-8H,4,9,11-12H2,(H,19,20)/b8-7+. The van der Waals surface area contributed by atoms with Gasteiger partial charge in [-0.25, -0.2) is 4.79 Å². The number of hydrogen-bond donors (Lipinski definition) is 1. The number of rotatable bonds is 7. The van der Waals surface area contributed by atoms with E-state index < -0.39 is 11.9 Å². The van der Waals surface area contributed by atoms with Gasteiger partial charge in [0, 0.05) is 25.2 Å². The van der Waals surface area contributed by atoms with E-state index in [-0.39, 0.29) is 6.42 Å². The molecule has 1 rings (SSSR count). The van der Waals surface area contributed by atoms with E-state index in [0.29, 0.717) is 19.5 Å². The van der Waals surface area contributed by atoms with E-state index in [4.69, 9.17) is 10.4 Å². The molecule has 0 bridgehead atoms. The van der Waals surface area contributed by atoms with Gasteiger partial charge in [-0.3, -0.25) is 4.79 Å². The van der Waals surface area contributed by atoms with Gasteiger partial charge < -0.3 is 10.0 Å². The number of amides is 1. The smallest absolute Gasteiger partial charge is 0.328 e. The van der Waals surface area contributed by atoms with Crippen LogP contribution >= 0.6 is 0 Å². The molecular weight excluding hydrogens is 256 g/mol. The largest absolute Gasteiger partial charge is 0.478 e. The fourth-order valence-corrected chi connectivity index (χ4v) is 1.67. The summed E-state index contributed by atoms with van der Waals surface area (Å²) in [6, 6.07) is 11.6. The van der Waals surface area contributed by atoms with Crippen LogP contribution in [0.3, 0.4) is 0 Å². The Morgan fingerprint density at radius 3 is 2.50 bits per heavy atom. The topological polar surface area (TPSA) is 81.4 Å². The first-order valence-corrected chi connectivity index (χ1v) is 6.24. The second kappa shape index (κ2) is 8.48. The minimum atomic E-state index is -1.17. The van der Waals surface area contributed by atoms with Crippen LogP contribution in [0.25, 0.3) is 0 Å². The first-order valence-electron chi connectivity index (χ1n) is 6.24. The Bertz CT molecular complexity index is 518. The lowest BCUT2D eigenvalue weighted by Crippen LogP contribution is -2.32. The van der Waals surface area contributed by atoms with Crippen molar-refractivity contribution in [2.75, 3.05) is 13.1 Å². The van der Waals surface area contributed by atoms with Crippen LogP contribution in [0.1, 0.15) is 12.0 Å². The van der Waals surface area contributed by atoms with Crippen LogP contribution in [0.5, 0.6) is 0 Å². The van der Waals surface area contributed by atoms with Crippen molar-refractivity contribution in [3.05, 3.63) is 48.0 Å². The number of carboxylic acids is 1. The van der Waals surface area contributed by atoms with Crippen LogP contribution in [-0.4, -0.2) is 35.0 Å². The van der Waals surface area contributed by atoms with E-state index in [2.05, 4.69) is 0 Å². The number of nitrogens with zero attached hydrogens (tertiary/aromatic N) is 2. The molecule has 5 nitrogen and oxygen atoms in total. The molecule has 0 aliphatic heterocycles. The molecule has 20 heavy (non-hydrogen) atoms. The summed E-state index contributed by atoms with van der Waals surface area (Å²) in [5.74, 6) is -1.56. The number of nitriles is 1. The molecule has 0 aliphatic rings. The van der Waals surface area contributed by atoms with Gasteiger partial charge in [0.05, 0.1) is 12.5 Å². The molecule has 5 heteroatoms. The zero-order chi connectivity index (χ0) is 14.8. The van der Waals surface area contributed by atoms with Crippen molar-refractivity contribution < 1.29 is 14.7 Å². The highest BCUT2D eigenvalue weighted by Crippen LogP contribution is 2.03. The third-order valence-corrected chi connectivity index (χ3v) is 2.69. The fraction of sp³-hybridized carbons (Fsp3) is 0.267. The van der Waals surface area contributed by atoms with Crippen molar-refractivity contribution in [3.8, 4) is 6.07 Å². The summed E-state index contributed by atoms with van der Waals surface area (Å²) >= 11 is 0. The maximum Gasteiger partial charge on any atom is 0.328 e. The summed E-state index contributed by atoms with van der Waals surface area (Å²) in [4.78, 5) is 23.7. The van der Waals surface area contributed by atoms with Crippen LogP contribution < -0.4 is 0 Å². The minimum absolute atomic E-state index is 0.224. The van der Waals surface area contributed by atoms with Gasteiger partial charge in [0.25, 0.3) is 0 Å². The van der Waals surface area contributed by atoms with E-state index in [0.717, 1.165) is 17.7 Å². The van der Waals surface area contributed by atoms with Crippen LogP contribution in [0.2, 0.25) is 0 Å². The highest BCUT2D eigenvalue weighted by molar-refractivity contribution is 5.93. The van der Waals surface area contributed by atoms with Crippen molar-refractivity contribution in [2.45, 2.75) is 12.8 Å². The number of carbonyl (C=O) groups excluding carboxylic acids is 1. The second-order valence-corrected chi connectivity index (χ2v) is 4.14. The Labute approximate surface area is 117 Å². The van der Waals surface area contributed by atoms with E-state index in [1.807, 2.05) is 36.4 Å². The molecule has 0 saturated carbocycles. The van der Waals surface area contributed by atoms with Gasteiger partial charge in [0.2, 0.25) is 5.91 Å². The molecule has 0 saturated heterocycles. The summed E-state index contributed by atoms with van der Waals surface area (Å²) in [6.07, 6.45) is 2.72. The Kier molecular flexibility index (Phi) is 6.55. The Morgan fingerprint density at radius 2 is 1.90 bits per heavy atom. The van der Waals surface area contributed by atoms with Crippen LogP contribution in [-0.2, 0) is 16.0 Å². The van der Waals surface area contributed by atoms with Gasteiger partial charge in [-0.05, 0) is 12.0 Å². The highest BCUT2D eigenvalue weighted by atomic mass is 16.4. The Hall–Kier alpha value is -2.61. The highest BCUT2D eigenvalue weighted by Gasteiger charge is 2.10. The maximum atomic E-state index is 11.8. The van der Waals surface area contributed by atoms with Crippen LogP contribution in [0, 0.1) is 11.3 Å². The summed E-state index contributed by atoms with van der Waals surface area (Å²) in [5.41, 5.74) is 1.09. The number of carbonyl (C=O) groups is 2. The lowest BCUT2D eigenvalue weighted by Gasteiger charge is -2.19. The summed E-state index contributed by atoms with van der Waals surface area (Å²) in [7, 11) is 0. The fourth-order valence-electron chi connectivity index (χ4n) is 1.67. The van der Waals surface area contributed by atoms with Gasteiger partial charge in [-0.1, -0.05) is 30.3 Å². The number of benzene rings is 1. The van der Waals surface area contributed by atoms with Gasteiger partial charge in [-0.15, -0.1) is 0 Å². The Balaban J connectivity index is 2.62. The minimum Gasteiger partial charge on any atom is -0.478 e. The summed E-state index contributed by atoms with van der Waals surface area (Å²) in [5, 5.41) is 17.1. The van der Waals surface area contributed by atoms with Gasteiger partial charge in [0.1, 0.15) is 0 Å². The lowest BCUT2D eigenvalue weighted by atomic mass is 10.1. The van der Waals surface area contributed by atoms with Gasteiger partial charge >= 0.3 is 5.97 Å². The molecular formula is C15H16N2O3. The SMILES string of the molecule is N#CCCN(CCc1ccccc1)C(=O)/C=C/C(=O)O. The molecule has 0 fully saturated rings.